The molecule has 0 bridgehead atoms. The fourth-order valence-electron chi connectivity index (χ4n) is 3.20. The Hall–Kier alpha value is -1.95. The van der Waals surface area contributed by atoms with Crippen molar-refractivity contribution in [3.05, 3.63) is 45.4 Å². The summed E-state index contributed by atoms with van der Waals surface area (Å²) >= 11 is 1.56. The van der Waals surface area contributed by atoms with Gasteiger partial charge in [0.25, 0.3) is 0 Å². The summed E-state index contributed by atoms with van der Waals surface area (Å²) in [5, 5.41) is 16.1. The fourth-order valence-corrected chi connectivity index (χ4v) is 4.03. The van der Waals surface area contributed by atoms with Crippen LogP contribution >= 0.6 is 11.3 Å². The summed E-state index contributed by atoms with van der Waals surface area (Å²) in [5.41, 5.74) is 2.92. The van der Waals surface area contributed by atoms with E-state index in [0.29, 0.717) is 12.5 Å². The molecule has 0 fully saturated rings. The van der Waals surface area contributed by atoms with E-state index in [4.69, 9.17) is 0 Å². The van der Waals surface area contributed by atoms with Gasteiger partial charge in [-0.2, -0.15) is 0 Å². The molecule has 1 aromatic heterocycles. The van der Waals surface area contributed by atoms with Crippen molar-refractivity contribution >= 4 is 17.4 Å². The summed E-state index contributed by atoms with van der Waals surface area (Å²) in [6.45, 7) is 7.49. The highest BCUT2D eigenvalue weighted by molar-refractivity contribution is 7.11. The molecule has 6 heteroatoms. The Labute approximate surface area is 159 Å². The van der Waals surface area contributed by atoms with Crippen molar-refractivity contribution in [3.8, 4) is 0 Å². The smallest absolute Gasteiger partial charge is 0.315 e. The summed E-state index contributed by atoms with van der Waals surface area (Å²) < 4.78 is 0. The molecule has 26 heavy (non-hydrogen) atoms. The van der Waals surface area contributed by atoms with Crippen LogP contribution < -0.4 is 10.6 Å². The lowest BCUT2D eigenvalue weighted by Crippen LogP contribution is -2.38. The third-order valence-corrected chi connectivity index (χ3v) is 6.17. The molecule has 0 spiro atoms. The lowest BCUT2D eigenvalue weighted by atomic mass is 9.98. The van der Waals surface area contributed by atoms with Crippen LogP contribution in [0.5, 0.6) is 0 Å². The van der Waals surface area contributed by atoms with Gasteiger partial charge in [0, 0.05) is 12.0 Å². The highest BCUT2D eigenvalue weighted by Gasteiger charge is 2.20. The molecule has 1 aliphatic rings. The minimum absolute atomic E-state index is 0.00472. The van der Waals surface area contributed by atoms with Gasteiger partial charge in [0.1, 0.15) is 10.0 Å². The number of rotatable bonds is 4. The number of hydrogen-bond acceptors (Lipinski definition) is 4. The van der Waals surface area contributed by atoms with Crippen LogP contribution in [-0.4, -0.2) is 22.8 Å². The number of amides is 2. The van der Waals surface area contributed by atoms with E-state index in [1.807, 2.05) is 0 Å². The van der Waals surface area contributed by atoms with Crippen LogP contribution in [0, 0.1) is 5.92 Å². The summed E-state index contributed by atoms with van der Waals surface area (Å²) in [6, 6.07) is 8.56. The van der Waals surface area contributed by atoms with Crippen molar-refractivity contribution in [1.29, 1.82) is 0 Å². The van der Waals surface area contributed by atoms with E-state index in [9.17, 15) is 4.79 Å². The second-order valence-corrected chi connectivity index (χ2v) is 9.09. The van der Waals surface area contributed by atoms with Crippen molar-refractivity contribution in [2.24, 2.45) is 5.92 Å². The zero-order chi connectivity index (χ0) is 18.6. The van der Waals surface area contributed by atoms with Gasteiger partial charge in [0.05, 0.1) is 6.54 Å². The number of aromatic nitrogens is 2. The van der Waals surface area contributed by atoms with Crippen LogP contribution in [0.25, 0.3) is 0 Å². The second-order valence-electron chi connectivity index (χ2n) is 8.03. The van der Waals surface area contributed by atoms with Gasteiger partial charge in [-0.05, 0) is 42.7 Å². The number of carbonyl (C=O) groups is 1. The van der Waals surface area contributed by atoms with Gasteiger partial charge in [-0.1, -0.05) is 56.4 Å². The zero-order valence-corrected chi connectivity index (χ0v) is 16.7. The average molecular weight is 373 g/mol. The summed E-state index contributed by atoms with van der Waals surface area (Å²) in [5.74, 6) is 0.530. The molecule has 2 N–H and O–H groups in total. The number of urea groups is 1. The summed E-state index contributed by atoms with van der Waals surface area (Å²) in [4.78, 5) is 12.1. The van der Waals surface area contributed by atoms with Crippen LogP contribution in [-0.2, 0) is 24.8 Å². The van der Waals surface area contributed by atoms with E-state index in [0.717, 1.165) is 42.2 Å². The minimum Gasteiger partial charge on any atom is -0.338 e. The van der Waals surface area contributed by atoms with Crippen molar-refractivity contribution in [2.75, 3.05) is 6.54 Å². The molecular formula is C20H28N4OS. The fraction of sp³-hybridized carbons (Fsp3) is 0.550. The number of nitrogens with zero attached hydrogens (tertiary/aromatic N) is 2. The molecule has 3 rings (SSSR count). The molecule has 0 atom stereocenters. The van der Waals surface area contributed by atoms with Crippen molar-refractivity contribution in [2.45, 2.75) is 58.4 Å². The van der Waals surface area contributed by atoms with E-state index in [2.05, 4.69) is 65.9 Å². The maximum Gasteiger partial charge on any atom is 0.315 e. The molecule has 140 valence electrons. The Kier molecular flexibility index (Phi) is 5.91. The normalized spacial score (nSPS) is 15.2. The Morgan fingerprint density at radius 3 is 2.35 bits per heavy atom. The number of aryl methyl sites for hydroxylation is 2. The van der Waals surface area contributed by atoms with E-state index in [1.165, 1.54) is 11.1 Å². The number of fused-ring (bicyclic) bond motifs is 1. The van der Waals surface area contributed by atoms with Crippen LogP contribution in [0.3, 0.4) is 0 Å². The molecule has 0 saturated carbocycles. The van der Waals surface area contributed by atoms with Gasteiger partial charge in [0.15, 0.2) is 0 Å². The molecular weight excluding hydrogens is 344 g/mol. The van der Waals surface area contributed by atoms with Crippen molar-refractivity contribution < 1.29 is 4.79 Å². The monoisotopic (exact) mass is 372 g/mol. The first-order chi connectivity index (χ1) is 12.4. The molecule has 5 nitrogen and oxygen atoms in total. The second kappa shape index (κ2) is 8.16. The Morgan fingerprint density at radius 2 is 1.77 bits per heavy atom. The standard InChI is InChI=1S/C20H28N4OS/c1-20(2,3)18-24-23-17(26-18)13-22-19(25)21-12-14-8-10-15-6-4-5-7-16(15)11-9-14/h4-7,14H,8-13H2,1-3H3,(H2,21,22,25). The van der Waals surface area contributed by atoms with Crippen molar-refractivity contribution in [3.63, 3.8) is 0 Å². The number of nitrogens with one attached hydrogen (secondary N) is 2. The average Bonchev–Trinajstić information content (AvgIpc) is 3.00. The highest BCUT2D eigenvalue weighted by Crippen LogP contribution is 2.25. The van der Waals surface area contributed by atoms with Gasteiger partial charge >= 0.3 is 6.03 Å². The number of benzene rings is 1. The molecule has 0 unspecified atom stereocenters. The van der Waals surface area contributed by atoms with E-state index >= 15 is 0 Å². The molecule has 2 amide bonds. The van der Waals surface area contributed by atoms with Gasteiger partial charge in [-0.25, -0.2) is 4.79 Å². The topological polar surface area (TPSA) is 66.9 Å². The molecule has 0 saturated heterocycles. The third-order valence-electron chi connectivity index (χ3n) is 4.82. The number of carbonyl (C=O) groups excluding carboxylic acids is 1. The predicted molar refractivity (Wildman–Crippen MR) is 105 cm³/mol. The van der Waals surface area contributed by atoms with E-state index in [1.54, 1.807) is 11.3 Å². The third kappa shape index (κ3) is 5.04. The van der Waals surface area contributed by atoms with Crippen LogP contribution in [0.1, 0.15) is 54.8 Å². The van der Waals surface area contributed by atoms with Gasteiger partial charge < -0.3 is 10.6 Å². The highest BCUT2D eigenvalue weighted by atomic mass is 32.1. The maximum atomic E-state index is 12.1. The SMILES string of the molecule is CC(C)(C)c1nnc(CNC(=O)NCC2CCc3ccccc3CC2)s1. The van der Waals surface area contributed by atoms with Gasteiger partial charge in [0.2, 0.25) is 0 Å². The van der Waals surface area contributed by atoms with Gasteiger partial charge in [-0.3, -0.25) is 0 Å². The van der Waals surface area contributed by atoms with E-state index < -0.39 is 0 Å². The molecule has 1 aromatic carbocycles. The first-order valence-corrected chi connectivity index (χ1v) is 10.1. The molecule has 1 aliphatic carbocycles. The van der Waals surface area contributed by atoms with Gasteiger partial charge in [-0.15, -0.1) is 10.2 Å². The quantitative estimate of drug-likeness (QED) is 0.802. The number of hydrogen-bond donors (Lipinski definition) is 2. The Balaban J connectivity index is 1.41. The predicted octanol–water partition coefficient (Wildman–Crippen LogP) is 3.83. The van der Waals surface area contributed by atoms with Crippen LogP contribution in [0.15, 0.2) is 24.3 Å². The molecule has 0 radical (unpaired) electrons. The lowest BCUT2D eigenvalue weighted by molar-refractivity contribution is 0.237. The lowest BCUT2D eigenvalue weighted by Gasteiger charge is -2.15. The summed E-state index contributed by atoms with van der Waals surface area (Å²) in [6.07, 6.45) is 4.46. The zero-order valence-electron chi connectivity index (χ0n) is 15.8. The first-order valence-electron chi connectivity index (χ1n) is 9.33. The molecule has 2 aromatic rings. The maximum absolute atomic E-state index is 12.1. The minimum atomic E-state index is -0.126. The van der Waals surface area contributed by atoms with Crippen LogP contribution in [0.4, 0.5) is 4.79 Å². The Bertz CT molecular complexity index is 723. The Morgan fingerprint density at radius 1 is 1.12 bits per heavy atom. The largest absolute Gasteiger partial charge is 0.338 e. The van der Waals surface area contributed by atoms with Crippen molar-refractivity contribution in [1.82, 2.24) is 20.8 Å². The molecule has 0 aliphatic heterocycles. The summed E-state index contributed by atoms with van der Waals surface area (Å²) in [7, 11) is 0. The molecule has 1 heterocycles. The van der Waals surface area contributed by atoms with Crippen LogP contribution in [0.2, 0.25) is 0 Å². The first kappa shape index (κ1) is 18.8. The van der Waals surface area contributed by atoms with E-state index in [-0.39, 0.29) is 11.4 Å².